The number of nitrogens with zero attached hydrogens (tertiary/aromatic N) is 5. The summed E-state index contributed by atoms with van der Waals surface area (Å²) >= 11 is 0. The van der Waals surface area contributed by atoms with Crippen LogP contribution in [0.4, 0.5) is 0 Å². The fraction of sp³-hybridized carbons (Fsp3) is 0.250. The molecule has 4 aromatic rings. The highest BCUT2D eigenvalue weighted by Crippen LogP contribution is 2.32. The zero-order valence-electron chi connectivity index (χ0n) is 17.7. The first-order valence-electron chi connectivity index (χ1n) is 10.5. The van der Waals surface area contributed by atoms with E-state index in [9.17, 15) is 0 Å². The molecule has 3 heterocycles. The van der Waals surface area contributed by atoms with Gasteiger partial charge in [0.2, 0.25) is 5.82 Å². The number of methoxy groups -OCH3 is 1. The minimum atomic E-state index is 0.0872. The van der Waals surface area contributed by atoms with Gasteiger partial charge in [-0.05, 0) is 36.2 Å². The Bertz CT molecular complexity index is 1180. The Morgan fingerprint density at radius 1 is 1.12 bits per heavy atom. The number of ether oxygens (including phenoxy) is 2. The van der Waals surface area contributed by atoms with Gasteiger partial charge in [-0.2, -0.15) is 4.98 Å². The van der Waals surface area contributed by atoms with Gasteiger partial charge in [-0.1, -0.05) is 29.4 Å². The minimum Gasteiger partial charge on any atom is -0.497 e. The van der Waals surface area contributed by atoms with Crippen LogP contribution in [0.1, 0.15) is 12.0 Å². The zero-order chi connectivity index (χ0) is 21.8. The molecular formula is C24H23N5O3. The van der Waals surface area contributed by atoms with Crippen molar-refractivity contribution in [3.8, 4) is 34.5 Å². The smallest absolute Gasteiger partial charge is 0.262 e. The second-order valence-corrected chi connectivity index (χ2v) is 7.63. The highest BCUT2D eigenvalue weighted by Gasteiger charge is 2.26. The number of likely N-dealkylation sites (tertiary alicyclic amines) is 1. The molecule has 1 aliphatic heterocycles. The van der Waals surface area contributed by atoms with Gasteiger partial charge in [0.15, 0.2) is 0 Å². The lowest BCUT2D eigenvalue weighted by molar-refractivity contribution is 0.198. The Balaban J connectivity index is 1.27. The van der Waals surface area contributed by atoms with Crippen LogP contribution in [0, 0.1) is 0 Å². The molecule has 0 N–H and O–H groups in total. The van der Waals surface area contributed by atoms with Crippen molar-refractivity contribution in [2.75, 3.05) is 20.2 Å². The molecule has 0 spiro atoms. The van der Waals surface area contributed by atoms with Gasteiger partial charge in [-0.25, -0.2) is 4.98 Å². The number of rotatable bonds is 7. The molecular weight excluding hydrogens is 406 g/mol. The predicted molar refractivity (Wildman–Crippen MR) is 118 cm³/mol. The standard InChI is InChI=1S/C24H23N5O3/c1-30-18-6-4-5-17(13-18)15-29-12-9-19(16-29)31-22-8-3-2-7-20(22)24-27-23(28-32-24)21-14-25-10-11-26-21/h2-8,10-11,13-14,19H,9,12,15-16H2,1H3. The van der Waals surface area contributed by atoms with Gasteiger partial charge in [0, 0.05) is 32.0 Å². The maximum absolute atomic E-state index is 6.37. The Hall–Kier alpha value is -3.78. The Labute approximate surface area is 185 Å². The molecule has 0 radical (unpaired) electrons. The highest BCUT2D eigenvalue weighted by atomic mass is 16.5. The van der Waals surface area contributed by atoms with Gasteiger partial charge >= 0.3 is 0 Å². The molecule has 8 nitrogen and oxygen atoms in total. The summed E-state index contributed by atoms with van der Waals surface area (Å²) in [5.41, 5.74) is 2.55. The number of benzene rings is 2. The monoisotopic (exact) mass is 429 g/mol. The van der Waals surface area contributed by atoms with Crippen LogP contribution in [0.3, 0.4) is 0 Å². The van der Waals surface area contributed by atoms with E-state index in [1.165, 1.54) is 5.56 Å². The van der Waals surface area contributed by atoms with Crippen molar-refractivity contribution in [2.45, 2.75) is 19.1 Å². The van der Waals surface area contributed by atoms with Gasteiger partial charge < -0.3 is 14.0 Å². The third-order valence-electron chi connectivity index (χ3n) is 5.40. The van der Waals surface area contributed by atoms with Crippen LogP contribution in [-0.4, -0.2) is 51.3 Å². The summed E-state index contributed by atoms with van der Waals surface area (Å²) in [6.07, 6.45) is 5.84. The molecule has 1 unspecified atom stereocenters. The second-order valence-electron chi connectivity index (χ2n) is 7.63. The molecule has 2 aromatic carbocycles. The Morgan fingerprint density at radius 2 is 2.06 bits per heavy atom. The maximum atomic E-state index is 6.37. The molecule has 5 rings (SSSR count). The summed E-state index contributed by atoms with van der Waals surface area (Å²) in [7, 11) is 1.69. The van der Waals surface area contributed by atoms with Crippen molar-refractivity contribution in [1.29, 1.82) is 0 Å². The molecule has 8 heteroatoms. The molecule has 0 amide bonds. The number of para-hydroxylation sites is 1. The average Bonchev–Trinajstić information content (AvgIpc) is 3.50. The first-order chi connectivity index (χ1) is 15.8. The lowest BCUT2D eigenvalue weighted by atomic mass is 10.2. The van der Waals surface area contributed by atoms with Crippen LogP contribution in [0.25, 0.3) is 23.0 Å². The van der Waals surface area contributed by atoms with Crippen molar-refractivity contribution >= 4 is 0 Å². The van der Waals surface area contributed by atoms with E-state index in [0.29, 0.717) is 17.4 Å². The largest absolute Gasteiger partial charge is 0.497 e. The molecule has 162 valence electrons. The van der Waals surface area contributed by atoms with Crippen LogP contribution in [-0.2, 0) is 6.54 Å². The van der Waals surface area contributed by atoms with Crippen LogP contribution in [0.5, 0.6) is 11.5 Å². The molecule has 0 saturated carbocycles. The Kier molecular flexibility index (Phi) is 5.76. The summed E-state index contributed by atoms with van der Waals surface area (Å²) in [5, 5.41) is 4.05. The van der Waals surface area contributed by atoms with E-state index in [4.69, 9.17) is 14.0 Å². The van der Waals surface area contributed by atoms with Gasteiger partial charge in [-0.15, -0.1) is 0 Å². The average molecular weight is 429 g/mol. The van der Waals surface area contributed by atoms with Crippen molar-refractivity contribution < 1.29 is 14.0 Å². The molecule has 1 atom stereocenters. The maximum Gasteiger partial charge on any atom is 0.262 e. The van der Waals surface area contributed by atoms with Crippen molar-refractivity contribution in [3.05, 3.63) is 72.7 Å². The van der Waals surface area contributed by atoms with Gasteiger partial charge in [0.05, 0.1) is 18.9 Å². The lowest BCUT2D eigenvalue weighted by Gasteiger charge is -2.18. The second kappa shape index (κ2) is 9.15. The first kappa shape index (κ1) is 20.1. The minimum absolute atomic E-state index is 0.0872. The van der Waals surface area contributed by atoms with Gasteiger partial charge in [0.25, 0.3) is 5.89 Å². The molecule has 2 aromatic heterocycles. The first-order valence-corrected chi connectivity index (χ1v) is 10.5. The molecule has 32 heavy (non-hydrogen) atoms. The molecule has 0 aliphatic carbocycles. The highest BCUT2D eigenvalue weighted by molar-refractivity contribution is 5.64. The fourth-order valence-electron chi connectivity index (χ4n) is 3.84. The van der Waals surface area contributed by atoms with E-state index < -0.39 is 0 Å². The SMILES string of the molecule is COc1cccc(CN2CCC(Oc3ccccc3-c3nc(-c4cnccn4)no3)C2)c1. The summed E-state index contributed by atoms with van der Waals surface area (Å²) in [6.45, 7) is 2.69. The molecule has 1 fully saturated rings. The van der Waals surface area contributed by atoms with E-state index >= 15 is 0 Å². The molecule has 0 bridgehead atoms. The van der Waals surface area contributed by atoms with E-state index in [1.54, 1.807) is 25.7 Å². The predicted octanol–water partition coefficient (Wildman–Crippen LogP) is 3.86. The van der Waals surface area contributed by atoms with E-state index in [-0.39, 0.29) is 6.10 Å². The molecule has 1 saturated heterocycles. The van der Waals surface area contributed by atoms with Crippen LogP contribution in [0.2, 0.25) is 0 Å². The summed E-state index contributed by atoms with van der Waals surface area (Å²) in [6, 6.07) is 15.9. The zero-order valence-corrected chi connectivity index (χ0v) is 17.7. The topological polar surface area (TPSA) is 86.4 Å². The summed E-state index contributed by atoms with van der Waals surface area (Å²) < 4.78 is 17.2. The van der Waals surface area contributed by atoms with Gasteiger partial charge in [-0.3, -0.25) is 9.88 Å². The fourth-order valence-corrected chi connectivity index (χ4v) is 3.84. The Morgan fingerprint density at radius 3 is 2.94 bits per heavy atom. The van der Waals surface area contributed by atoms with Gasteiger partial charge in [0.1, 0.15) is 23.3 Å². The number of hydrogen-bond acceptors (Lipinski definition) is 8. The lowest BCUT2D eigenvalue weighted by Crippen LogP contribution is -2.24. The number of aromatic nitrogens is 4. The normalized spacial score (nSPS) is 16.2. The van der Waals surface area contributed by atoms with Crippen molar-refractivity contribution in [1.82, 2.24) is 25.0 Å². The third kappa shape index (κ3) is 4.45. The van der Waals surface area contributed by atoms with Crippen molar-refractivity contribution in [2.24, 2.45) is 0 Å². The van der Waals surface area contributed by atoms with Crippen LogP contribution < -0.4 is 9.47 Å². The van der Waals surface area contributed by atoms with E-state index in [0.717, 1.165) is 43.1 Å². The summed E-state index contributed by atoms with van der Waals surface area (Å²) in [4.78, 5) is 15.2. The van der Waals surface area contributed by atoms with Crippen LogP contribution in [0.15, 0.2) is 71.6 Å². The molecule has 1 aliphatic rings. The van der Waals surface area contributed by atoms with Crippen molar-refractivity contribution in [3.63, 3.8) is 0 Å². The quantitative estimate of drug-likeness (QED) is 0.438. The van der Waals surface area contributed by atoms with E-state index in [1.807, 2.05) is 36.4 Å². The van der Waals surface area contributed by atoms with E-state index in [2.05, 4.69) is 37.1 Å². The third-order valence-corrected chi connectivity index (χ3v) is 5.40. The summed E-state index contributed by atoms with van der Waals surface area (Å²) in [5.74, 6) is 2.40. The number of hydrogen-bond donors (Lipinski definition) is 0. The van der Waals surface area contributed by atoms with Crippen LogP contribution >= 0.6 is 0 Å².